The van der Waals surface area contributed by atoms with E-state index in [1.54, 1.807) is 0 Å². The zero-order valence-corrected chi connectivity index (χ0v) is 24.1. The maximum atomic E-state index is 2.41. The Kier molecular flexibility index (Phi) is 5.52. The molecule has 0 bridgehead atoms. The molecule has 0 spiro atoms. The predicted octanol–water partition coefficient (Wildman–Crippen LogP) is 11.4. The van der Waals surface area contributed by atoms with Crippen molar-refractivity contribution in [2.75, 3.05) is 0 Å². The van der Waals surface area contributed by atoms with E-state index in [1.165, 1.54) is 75.5 Å². The van der Waals surface area contributed by atoms with Gasteiger partial charge in [0.2, 0.25) is 0 Å². The molecule has 41 heavy (non-hydrogen) atoms. The van der Waals surface area contributed by atoms with E-state index in [0.29, 0.717) is 0 Å². The Balaban J connectivity index is 1.14. The minimum atomic E-state index is -0.0307. The zero-order valence-electron chi connectivity index (χ0n) is 23.3. The first-order chi connectivity index (χ1) is 20.1. The fourth-order valence-electron chi connectivity index (χ4n) is 6.75. The van der Waals surface area contributed by atoms with Crippen LogP contribution in [0.2, 0.25) is 0 Å². The smallest absolute Gasteiger partial charge is 0.0355 e. The Morgan fingerprint density at radius 1 is 0.610 bits per heavy atom. The number of hydrogen-bond acceptors (Lipinski definition) is 1. The second-order valence-corrected chi connectivity index (χ2v) is 12.8. The van der Waals surface area contributed by atoms with Gasteiger partial charge in [0.15, 0.2) is 0 Å². The van der Waals surface area contributed by atoms with Crippen LogP contribution in [-0.2, 0) is 11.8 Å². The van der Waals surface area contributed by atoms with Crippen molar-refractivity contribution in [1.82, 2.24) is 0 Å². The average molecular weight is 543 g/mol. The van der Waals surface area contributed by atoms with Gasteiger partial charge >= 0.3 is 0 Å². The van der Waals surface area contributed by atoms with Gasteiger partial charge in [0.1, 0.15) is 0 Å². The van der Waals surface area contributed by atoms with Crippen molar-refractivity contribution in [3.63, 3.8) is 0 Å². The maximum absolute atomic E-state index is 2.41. The average Bonchev–Trinajstić information content (AvgIpc) is 3.48. The maximum Gasteiger partial charge on any atom is 0.0355 e. The quantitative estimate of drug-likeness (QED) is 0.207. The van der Waals surface area contributed by atoms with Gasteiger partial charge in [-0.3, -0.25) is 0 Å². The highest BCUT2D eigenvalue weighted by molar-refractivity contribution is 7.25. The highest BCUT2D eigenvalue weighted by Gasteiger charge is 2.37. The summed E-state index contributed by atoms with van der Waals surface area (Å²) in [5, 5.41) is 5.34. The minimum Gasteiger partial charge on any atom is -0.135 e. The van der Waals surface area contributed by atoms with Crippen molar-refractivity contribution in [2.24, 2.45) is 0 Å². The van der Waals surface area contributed by atoms with E-state index in [0.717, 1.165) is 6.42 Å². The third-order valence-electron chi connectivity index (χ3n) is 8.87. The summed E-state index contributed by atoms with van der Waals surface area (Å²) >= 11 is 1.88. The van der Waals surface area contributed by atoms with Gasteiger partial charge in [0.05, 0.1) is 0 Å². The lowest BCUT2D eigenvalue weighted by Gasteiger charge is -2.22. The SMILES string of the molecule is CC1(C)c2cc3ccccc3cc2-c2c(-c3cccc(/C=C/Cc4ccc5sc6ccccc6c5c4)c3)cccc21. The Labute approximate surface area is 245 Å². The predicted molar refractivity (Wildman–Crippen MR) is 179 cm³/mol. The summed E-state index contributed by atoms with van der Waals surface area (Å²) in [6.07, 6.45) is 5.49. The van der Waals surface area contributed by atoms with Gasteiger partial charge in [-0.2, -0.15) is 0 Å². The third-order valence-corrected chi connectivity index (χ3v) is 10.0. The summed E-state index contributed by atoms with van der Waals surface area (Å²) in [4.78, 5) is 0. The highest BCUT2D eigenvalue weighted by atomic mass is 32.1. The molecule has 8 rings (SSSR count). The summed E-state index contributed by atoms with van der Waals surface area (Å²) in [6, 6.07) is 45.0. The van der Waals surface area contributed by atoms with Gasteiger partial charge in [-0.15, -0.1) is 11.3 Å². The summed E-state index contributed by atoms with van der Waals surface area (Å²) in [5.41, 5.74) is 10.7. The van der Waals surface area contributed by atoms with E-state index < -0.39 is 0 Å². The molecule has 1 aliphatic carbocycles. The molecule has 6 aromatic carbocycles. The van der Waals surface area contributed by atoms with Gasteiger partial charge < -0.3 is 0 Å². The van der Waals surface area contributed by atoms with Crippen molar-refractivity contribution in [3.8, 4) is 22.3 Å². The van der Waals surface area contributed by atoms with Crippen molar-refractivity contribution in [2.45, 2.75) is 25.7 Å². The zero-order chi connectivity index (χ0) is 27.6. The van der Waals surface area contributed by atoms with Crippen LogP contribution in [-0.4, -0.2) is 0 Å². The molecule has 1 heterocycles. The van der Waals surface area contributed by atoms with E-state index in [-0.39, 0.29) is 5.41 Å². The normalized spacial score (nSPS) is 13.8. The summed E-state index contributed by atoms with van der Waals surface area (Å²) in [6.45, 7) is 4.73. The summed E-state index contributed by atoms with van der Waals surface area (Å²) in [5.74, 6) is 0. The first kappa shape index (κ1) is 24.3. The molecule has 0 N–H and O–H groups in total. The topological polar surface area (TPSA) is 0 Å². The molecular weight excluding hydrogens is 513 g/mol. The summed E-state index contributed by atoms with van der Waals surface area (Å²) in [7, 11) is 0. The molecule has 0 atom stereocenters. The Hall–Kier alpha value is -4.46. The molecule has 0 amide bonds. The van der Waals surface area contributed by atoms with E-state index in [2.05, 4.69) is 147 Å². The molecule has 0 unspecified atom stereocenters. The molecule has 0 radical (unpaired) electrons. The fraction of sp³-hybridized carbons (Fsp3) is 0.100. The van der Waals surface area contributed by atoms with Gasteiger partial charge in [-0.05, 0) is 98.1 Å². The largest absolute Gasteiger partial charge is 0.135 e. The molecule has 7 aromatic rings. The van der Waals surface area contributed by atoms with Crippen molar-refractivity contribution in [1.29, 1.82) is 0 Å². The van der Waals surface area contributed by atoms with Crippen molar-refractivity contribution < 1.29 is 0 Å². The molecular formula is C40H30S. The third kappa shape index (κ3) is 3.96. The van der Waals surface area contributed by atoms with E-state index in [9.17, 15) is 0 Å². The van der Waals surface area contributed by atoms with Gasteiger partial charge in [0, 0.05) is 25.6 Å². The highest BCUT2D eigenvalue weighted by Crippen LogP contribution is 2.53. The molecule has 0 aliphatic heterocycles. The minimum absolute atomic E-state index is 0.0307. The molecule has 196 valence electrons. The molecule has 0 saturated carbocycles. The standard InChI is InChI=1S/C40H30S/c1-40(2)35-18-9-17-31(39(35)34-24-28-13-3-4-14-29(28)25-36(34)40)30-15-8-12-26(22-30)10-7-11-27-20-21-38-33(23-27)32-16-5-6-19-37(32)41-38/h3-10,12-25H,11H2,1-2H3/b10-7+. The van der Waals surface area contributed by atoms with Gasteiger partial charge in [-0.1, -0.05) is 111 Å². The number of allylic oxidation sites excluding steroid dienone is 1. The fourth-order valence-corrected chi connectivity index (χ4v) is 7.84. The molecule has 1 aromatic heterocycles. The van der Waals surface area contributed by atoms with E-state index >= 15 is 0 Å². The second kappa shape index (κ2) is 9.29. The number of fused-ring (bicyclic) bond motifs is 7. The number of benzene rings is 6. The van der Waals surface area contributed by atoms with Crippen LogP contribution in [0.5, 0.6) is 0 Å². The molecule has 1 aliphatic rings. The second-order valence-electron chi connectivity index (χ2n) is 11.8. The Bertz CT molecular complexity index is 2150. The van der Waals surface area contributed by atoms with Crippen LogP contribution in [0.3, 0.4) is 0 Å². The number of rotatable bonds is 4. The van der Waals surface area contributed by atoms with E-state index in [4.69, 9.17) is 0 Å². The van der Waals surface area contributed by atoms with Crippen LogP contribution in [0.15, 0.2) is 127 Å². The Morgan fingerprint density at radius 3 is 2.29 bits per heavy atom. The van der Waals surface area contributed by atoms with Gasteiger partial charge in [0.25, 0.3) is 0 Å². The van der Waals surface area contributed by atoms with Crippen LogP contribution in [0.1, 0.15) is 36.1 Å². The van der Waals surface area contributed by atoms with Crippen molar-refractivity contribution in [3.05, 3.63) is 150 Å². The Morgan fingerprint density at radius 2 is 1.39 bits per heavy atom. The van der Waals surface area contributed by atoms with Gasteiger partial charge in [-0.25, -0.2) is 0 Å². The lowest BCUT2D eigenvalue weighted by Crippen LogP contribution is -2.14. The van der Waals surface area contributed by atoms with Crippen LogP contribution in [0, 0.1) is 0 Å². The van der Waals surface area contributed by atoms with Crippen LogP contribution in [0.25, 0.3) is 59.3 Å². The molecule has 0 saturated heterocycles. The van der Waals surface area contributed by atoms with Crippen LogP contribution < -0.4 is 0 Å². The lowest BCUT2D eigenvalue weighted by molar-refractivity contribution is 0.661. The first-order valence-electron chi connectivity index (χ1n) is 14.4. The molecule has 1 heteroatoms. The molecule has 0 fully saturated rings. The molecule has 0 nitrogen and oxygen atoms in total. The van der Waals surface area contributed by atoms with Crippen LogP contribution >= 0.6 is 11.3 Å². The van der Waals surface area contributed by atoms with Crippen LogP contribution in [0.4, 0.5) is 0 Å². The number of hydrogen-bond donors (Lipinski definition) is 0. The number of thiophene rings is 1. The van der Waals surface area contributed by atoms with Crippen molar-refractivity contribution >= 4 is 48.4 Å². The lowest BCUT2D eigenvalue weighted by atomic mass is 9.81. The van der Waals surface area contributed by atoms with E-state index in [1.807, 2.05) is 11.3 Å². The first-order valence-corrected chi connectivity index (χ1v) is 15.2. The summed E-state index contributed by atoms with van der Waals surface area (Å²) < 4.78 is 2.72. The monoisotopic (exact) mass is 542 g/mol.